The number of hydrogen-bond acceptors (Lipinski definition) is 3. The maximum absolute atomic E-state index is 9.61. The molecular weight excluding hydrogens is 216 g/mol. The van der Waals surface area contributed by atoms with Gasteiger partial charge in [0.2, 0.25) is 0 Å². The van der Waals surface area contributed by atoms with Crippen LogP contribution in [0.25, 0.3) is 0 Å². The number of benzene rings is 1. The molecule has 0 aliphatic heterocycles. The largest absolute Gasteiger partial charge is 0.490 e. The fourth-order valence-corrected chi connectivity index (χ4v) is 1.50. The summed E-state index contributed by atoms with van der Waals surface area (Å²) in [7, 11) is 0. The predicted molar refractivity (Wildman–Crippen MR) is 68.6 cm³/mol. The van der Waals surface area contributed by atoms with Crippen molar-refractivity contribution in [2.75, 3.05) is 13.2 Å². The van der Waals surface area contributed by atoms with Crippen LogP contribution in [0.3, 0.4) is 0 Å². The molecule has 17 heavy (non-hydrogen) atoms. The Hall–Kier alpha value is -1.22. The van der Waals surface area contributed by atoms with Crippen LogP contribution in [0.15, 0.2) is 24.3 Å². The van der Waals surface area contributed by atoms with Gasteiger partial charge in [-0.25, -0.2) is 0 Å². The highest BCUT2D eigenvalue weighted by Gasteiger charge is 2.07. The summed E-state index contributed by atoms with van der Waals surface area (Å²) >= 11 is 0. The zero-order valence-corrected chi connectivity index (χ0v) is 10.7. The lowest BCUT2D eigenvalue weighted by molar-refractivity contribution is 0.0971. The van der Waals surface area contributed by atoms with Crippen LogP contribution in [-0.2, 0) is 0 Å². The SMILES string of the molecule is CCCOc1ccccc1OCC(O)CCC. The van der Waals surface area contributed by atoms with Crippen LogP contribution in [0.1, 0.15) is 33.1 Å². The molecule has 1 N–H and O–H groups in total. The van der Waals surface area contributed by atoms with Crippen LogP contribution in [0, 0.1) is 0 Å². The minimum Gasteiger partial charge on any atom is -0.490 e. The van der Waals surface area contributed by atoms with E-state index >= 15 is 0 Å². The summed E-state index contributed by atoms with van der Waals surface area (Å²) < 4.78 is 11.1. The standard InChI is InChI=1S/C14H22O3/c1-3-7-12(15)11-17-14-9-6-5-8-13(14)16-10-4-2/h5-6,8-9,12,15H,3-4,7,10-11H2,1-2H3. The number of ether oxygens (including phenoxy) is 2. The second-order valence-corrected chi connectivity index (χ2v) is 4.05. The first kappa shape index (κ1) is 13.8. The normalized spacial score (nSPS) is 12.2. The van der Waals surface area contributed by atoms with E-state index in [2.05, 4.69) is 6.92 Å². The Morgan fingerprint density at radius 1 is 1.06 bits per heavy atom. The molecule has 1 aromatic rings. The van der Waals surface area contributed by atoms with Gasteiger partial charge in [0.05, 0.1) is 12.7 Å². The van der Waals surface area contributed by atoms with E-state index in [0.717, 1.165) is 25.0 Å². The van der Waals surface area contributed by atoms with E-state index in [4.69, 9.17) is 9.47 Å². The van der Waals surface area contributed by atoms with E-state index in [1.165, 1.54) is 0 Å². The molecule has 0 fully saturated rings. The summed E-state index contributed by atoms with van der Waals surface area (Å²) in [5, 5.41) is 9.61. The molecule has 0 saturated heterocycles. The Labute approximate surface area is 103 Å². The van der Waals surface area contributed by atoms with Crippen LogP contribution >= 0.6 is 0 Å². The first-order chi connectivity index (χ1) is 8.27. The summed E-state index contributed by atoms with van der Waals surface area (Å²) in [6, 6.07) is 7.57. The maximum atomic E-state index is 9.61. The summed E-state index contributed by atoms with van der Waals surface area (Å²) in [6.07, 6.45) is 2.28. The molecule has 0 heterocycles. The monoisotopic (exact) mass is 238 g/mol. The average molecular weight is 238 g/mol. The molecule has 0 saturated carbocycles. The molecule has 0 aliphatic rings. The van der Waals surface area contributed by atoms with Gasteiger partial charge in [0, 0.05) is 0 Å². The zero-order chi connectivity index (χ0) is 12.5. The Balaban J connectivity index is 2.51. The van der Waals surface area contributed by atoms with Gasteiger partial charge in [-0.3, -0.25) is 0 Å². The average Bonchev–Trinajstić information content (AvgIpc) is 2.35. The maximum Gasteiger partial charge on any atom is 0.161 e. The third-order valence-corrected chi connectivity index (χ3v) is 2.36. The smallest absolute Gasteiger partial charge is 0.161 e. The van der Waals surface area contributed by atoms with Crippen molar-refractivity contribution < 1.29 is 14.6 Å². The number of aliphatic hydroxyl groups excluding tert-OH is 1. The molecule has 0 amide bonds. The number of para-hydroxylation sites is 2. The zero-order valence-electron chi connectivity index (χ0n) is 10.7. The molecule has 3 nitrogen and oxygen atoms in total. The van der Waals surface area contributed by atoms with E-state index < -0.39 is 6.10 Å². The molecule has 1 unspecified atom stereocenters. The fraction of sp³-hybridized carbons (Fsp3) is 0.571. The Bertz CT molecular complexity index is 312. The first-order valence-electron chi connectivity index (χ1n) is 6.30. The quantitative estimate of drug-likeness (QED) is 0.756. The molecule has 3 heteroatoms. The highest BCUT2D eigenvalue weighted by Crippen LogP contribution is 2.26. The lowest BCUT2D eigenvalue weighted by Gasteiger charge is -2.14. The number of rotatable bonds is 8. The highest BCUT2D eigenvalue weighted by molar-refractivity contribution is 5.39. The molecule has 96 valence electrons. The number of aliphatic hydroxyl groups is 1. The molecule has 1 rings (SSSR count). The van der Waals surface area contributed by atoms with Crippen LogP contribution in [0.2, 0.25) is 0 Å². The lowest BCUT2D eigenvalue weighted by Crippen LogP contribution is -2.17. The summed E-state index contributed by atoms with van der Waals surface area (Å²) in [5.41, 5.74) is 0. The molecule has 0 aliphatic carbocycles. The summed E-state index contributed by atoms with van der Waals surface area (Å²) in [4.78, 5) is 0. The van der Waals surface area contributed by atoms with E-state index in [-0.39, 0.29) is 0 Å². The fourth-order valence-electron chi connectivity index (χ4n) is 1.50. The predicted octanol–water partition coefficient (Wildman–Crippen LogP) is 3.02. The van der Waals surface area contributed by atoms with Crippen molar-refractivity contribution in [3.63, 3.8) is 0 Å². The molecule has 0 bridgehead atoms. The van der Waals surface area contributed by atoms with Crippen molar-refractivity contribution >= 4 is 0 Å². The van der Waals surface area contributed by atoms with Gasteiger partial charge in [-0.2, -0.15) is 0 Å². The minimum atomic E-state index is -0.403. The Morgan fingerprint density at radius 2 is 1.71 bits per heavy atom. The third kappa shape index (κ3) is 5.09. The van der Waals surface area contributed by atoms with Crippen LogP contribution in [0.5, 0.6) is 11.5 Å². The lowest BCUT2D eigenvalue weighted by atomic mass is 10.2. The summed E-state index contributed by atoms with van der Waals surface area (Å²) in [6.45, 7) is 5.11. The van der Waals surface area contributed by atoms with Crippen LogP contribution in [0.4, 0.5) is 0 Å². The van der Waals surface area contributed by atoms with E-state index in [1.54, 1.807) is 0 Å². The highest BCUT2D eigenvalue weighted by atomic mass is 16.5. The topological polar surface area (TPSA) is 38.7 Å². The van der Waals surface area contributed by atoms with Gasteiger partial charge >= 0.3 is 0 Å². The van der Waals surface area contributed by atoms with Crippen LogP contribution in [-0.4, -0.2) is 24.4 Å². The second kappa shape index (κ2) is 7.96. The minimum absolute atomic E-state index is 0.320. The van der Waals surface area contributed by atoms with Crippen molar-refractivity contribution in [3.8, 4) is 11.5 Å². The van der Waals surface area contributed by atoms with E-state index in [0.29, 0.717) is 19.0 Å². The Kier molecular flexibility index (Phi) is 6.48. The Morgan fingerprint density at radius 3 is 2.29 bits per heavy atom. The van der Waals surface area contributed by atoms with Crippen molar-refractivity contribution in [3.05, 3.63) is 24.3 Å². The van der Waals surface area contributed by atoms with Crippen molar-refractivity contribution in [1.29, 1.82) is 0 Å². The second-order valence-electron chi connectivity index (χ2n) is 4.05. The van der Waals surface area contributed by atoms with Gasteiger partial charge in [0.15, 0.2) is 11.5 Å². The van der Waals surface area contributed by atoms with Crippen molar-refractivity contribution in [2.45, 2.75) is 39.2 Å². The van der Waals surface area contributed by atoms with Gasteiger partial charge in [0.25, 0.3) is 0 Å². The molecule has 1 atom stereocenters. The van der Waals surface area contributed by atoms with Gasteiger partial charge in [-0.1, -0.05) is 32.4 Å². The molecule has 0 spiro atoms. The molecular formula is C14H22O3. The third-order valence-electron chi connectivity index (χ3n) is 2.36. The van der Waals surface area contributed by atoms with E-state index in [9.17, 15) is 5.11 Å². The number of hydrogen-bond donors (Lipinski definition) is 1. The van der Waals surface area contributed by atoms with Gasteiger partial charge in [0.1, 0.15) is 6.61 Å². The van der Waals surface area contributed by atoms with E-state index in [1.807, 2.05) is 31.2 Å². The first-order valence-corrected chi connectivity index (χ1v) is 6.30. The molecule has 0 radical (unpaired) electrons. The van der Waals surface area contributed by atoms with Gasteiger partial charge < -0.3 is 14.6 Å². The molecule has 0 aromatic heterocycles. The van der Waals surface area contributed by atoms with Gasteiger partial charge in [-0.15, -0.1) is 0 Å². The van der Waals surface area contributed by atoms with Crippen molar-refractivity contribution in [1.82, 2.24) is 0 Å². The van der Waals surface area contributed by atoms with Crippen molar-refractivity contribution in [2.24, 2.45) is 0 Å². The summed E-state index contributed by atoms with van der Waals surface area (Å²) in [5.74, 6) is 1.45. The molecule has 1 aromatic carbocycles. The van der Waals surface area contributed by atoms with Crippen LogP contribution < -0.4 is 9.47 Å². The van der Waals surface area contributed by atoms with Gasteiger partial charge in [-0.05, 0) is 25.0 Å².